The summed E-state index contributed by atoms with van der Waals surface area (Å²) in [5.41, 5.74) is 2.58. The van der Waals surface area contributed by atoms with Crippen LogP contribution < -0.4 is 5.32 Å². The van der Waals surface area contributed by atoms with Gasteiger partial charge in [-0.05, 0) is 42.0 Å². The first kappa shape index (κ1) is 12.9. The molecular formula is C16H12ClFN2. The standard InChI is InChI=1S/C16H12ClFN2/c17-14-6-7-15(13-5-2-8-19-16(13)14)20-10-11-3-1-4-12(18)9-11/h1-9,20H,10H2. The number of rotatable bonds is 3. The van der Waals surface area contributed by atoms with Gasteiger partial charge in [-0.3, -0.25) is 4.98 Å². The van der Waals surface area contributed by atoms with Crippen LogP contribution in [-0.2, 0) is 6.54 Å². The third-order valence-corrected chi connectivity index (χ3v) is 3.40. The van der Waals surface area contributed by atoms with Crippen LogP contribution in [0.4, 0.5) is 10.1 Å². The molecule has 4 heteroatoms. The van der Waals surface area contributed by atoms with Crippen molar-refractivity contribution in [1.82, 2.24) is 4.98 Å². The van der Waals surface area contributed by atoms with Gasteiger partial charge in [0.05, 0.1) is 10.5 Å². The first-order chi connectivity index (χ1) is 9.74. The minimum atomic E-state index is -0.230. The van der Waals surface area contributed by atoms with Gasteiger partial charge in [-0.25, -0.2) is 4.39 Å². The van der Waals surface area contributed by atoms with Crippen molar-refractivity contribution in [3.63, 3.8) is 0 Å². The predicted octanol–water partition coefficient (Wildman–Crippen LogP) is 4.64. The van der Waals surface area contributed by atoms with Crippen LogP contribution in [0.25, 0.3) is 10.9 Å². The van der Waals surface area contributed by atoms with Crippen LogP contribution in [0, 0.1) is 5.82 Å². The Morgan fingerprint density at radius 3 is 2.85 bits per heavy atom. The number of pyridine rings is 1. The lowest BCUT2D eigenvalue weighted by atomic mass is 10.1. The van der Waals surface area contributed by atoms with Gasteiger partial charge in [0.2, 0.25) is 0 Å². The molecule has 0 aliphatic carbocycles. The topological polar surface area (TPSA) is 24.9 Å². The Balaban J connectivity index is 1.90. The molecule has 100 valence electrons. The molecule has 0 radical (unpaired) electrons. The molecule has 0 fully saturated rings. The molecule has 0 amide bonds. The molecule has 3 aromatic rings. The Kier molecular flexibility index (Phi) is 3.52. The van der Waals surface area contributed by atoms with Crippen LogP contribution in [0.2, 0.25) is 5.02 Å². The fourth-order valence-corrected chi connectivity index (χ4v) is 2.35. The molecule has 2 nitrogen and oxygen atoms in total. The highest BCUT2D eigenvalue weighted by Crippen LogP contribution is 2.28. The number of nitrogens with one attached hydrogen (secondary N) is 1. The van der Waals surface area contributed by atoms with Gasteiger partial charge < -0.3 is 5.32 Å². The van der Waals surface area contributed by atoms with E-state index in [0.29, 0.717) is 11.6 Å². The molecular weight excluding hydrogens is 275 g/mol. The number of halogens is 2. The molecule has 0 saturated carbocycles. The van der Waals surface area contributed by atoms with Crippen molar-refractivity contribution in [3.8, 4) is 0 Å². The third kappa shape index (κ3) is 2.58. The van der Waals surface area contributed by atoms with Crippen molar-refractivity contribution in [2.24, 2.45) is 0 Å². The van der Waals surface area contributed by atoms with E-state index in [1.165, 1.54) is 12.1 Å². The van der Waals surface area contributed by atoms with Crippen LogP contribution in [-0.4, -0.2) is 4.98 Å². The Bertz CT molecular complexity index is 758. The summed E-state index contributed by atoms with van der Waals surface area (Å²) >= 11 is 6.13. The maximum absolute atomic E-state index is 13.1. The van der Waals surface area contributed by atoms with Gasteiger partial charge in [0.15, 0.2) is 0 Å². The molecule has 0 spiro atoms. The quantitative estimate of drug-likeness (QED) is 0.759. The zero-order valence-corrected chi connectivity index (χ0v) is 11.4. The number of nitrogens with zero attached hydrogens (tertiary/aromatic N) is 1. The minimum Gasteiger partial charge on any atom is -0.380 e. The van der Waals surface area contributed by atoms with E-state index in [9.17, 15) is 4.39 Å². The molecule has 1 aromatic heterocycles. The highest BCUT2D eigenvalue weighted by molar-refractivity contribution is 6.35. The summed E-state index contributed by atoms with van der Waals surface area (Å²) in [4.78, 5) is 4.28. The molecule has 3 rings (SSSR count). The molecule has 0 bridgehead atoms. The molecule has 0 atom stereocenters. The van der Waals surface area contributed by atoms with Gasteiger partial charge >= 0.3 is 0 Å². The zero-order chi connectivity index (χ0) is 13.9. The van der Waals surface area contributed by atoms with E-state index in [2.05, 4.69) is 10.3 Å². The molecule has 1 N–H and O–H groups in total. The van der Waals surface area contributed by atoms with Crippen molar-refractivity contribution >= 4 is 28.2 Å². The van der Waals surface area contributed by atoms with Gasteiger partial charge in [0.25, 0.3) is 0 Å². The second kappa shape index (κ2) is 5.47. The Morgan fingerprint density at radius 1 is 1.10 bits per heavy atom. The highest BCUT2D eigenvalue weighted by atomic mass is 35.5. The summed E-state index contributed by atoms with van der Waals surface area (Å²) in [6.07, 6.45) is 1.71. The van der Waals surface area contributed by atoms with Gasteiger partial charge in [-0.1, -0.05) is 23.7 Å². The average Bonchev–Trinajstić information content (AvgIpc) is 2.47. The van der Waals surface area contributed by atoms with Crippen molar-refractivity contribution in [1.29, 1.82) is 0 Å². The lowest BCUT2D eigenvalue weighted by Gasteiger charge is -2.10. The third-order valence-electron chi connectivity index (χ3n) is 3.09. The lowest BCUT2D eigenvalue weighted by Crippen LogP contribution is -2.00. The summed E-state index contributed by atoms with van der Waals surface area (Å²) in [5, 5.41) is 4.87. The van der Waals surface area contributed by atoms with Crippen LogP contribution in [0.3, 0.4) is 0 Å². The van der Waals surface area contributed by atoms with E-state index in [-0.39, 0.29) is 5.82 Å². The van der Waals surface area contributed by atoms with Gasteiger partial charge in [0.1, 0.15) is 5.82 Å². The lowest BCUT2D eigenvalue weighted by molar-refractivity contribution is 0.626. The van der Waals surface area contributed by atoms with Gasteiger partial charge in [-0.2, -0.15) is 0 Å². The summed E-state index contributed by atoms with van der Waals surface area (Å²) in [6.45, 7) is 0.545. The monoisotopic (exact) mass is 286 g/mol. The van der Waals surface area contributed by atoms with Crippen LogP contribution in [0.5, 0.6) is 0 Å². The number of fused-ring (bicyclic) bond motifs is 1. The normalized spacial score (nSPS) is 10.7. The summed E-state index contributed by atoms with van der Waals surface area (Å²) < 4.78 is 13.1. The molecule has 1 heterocycles. The van der Waals surface area contributed by atoms with E-state index >= 15 is 0 Å². The van der Waals surface area contributed by atoms with Crippen LogP contribution >= 0.6 is 11.6 Å². The molecule has 0 aliphatic heterocycles. The molecule has 20 heavy (non-hydrogen) atoms. The maximum atomic E-state index is 13.1. The van der Waals surface area contributed by atoms with Crippen molar-refractivity contribution in [2.75, 3.05) is 5.32 Å². The molecule has 0 saturated heterocycles. The van der Waals surface area contributed by atoms with E-state index in [0.717, 1.165) is 22.2 Å². The molecule has 2 aromatic carbocycles. The summed E-state index contributed by atoms with van der Waals surface area (Å²) in [5.74, 6) is -0.230. The average molecular weight is 287 g/mol. The smallest absolute Gasteiger partial charge is 0.123 e. The van der Waals surface area contributed by atoms with Crippen LogP contribution in [0.1, 0.15) is 5.56 Å². The van der Waals surface area contributed by atoms with E-state index in [4.69, 9.17) is 11.6 Å². The van der Waals surface area contributed by atoms with Crippen molar-refractivity contribution in [3.05, 3.63) is 71.1 Å². The summed E-state index contributed by atoms with van der Waals surface area (Å²) in [7, 11) is 0. The Labute approximate surface area is 121 Å². The minimum absolute atomic E-state index is 0.230. The SMILES string of the molecule is Fc1cccc(CNc2ccc(Cl)c3ncccc23)c1. The van der Waals surface area contributed by atoms with E-state index < -0.39 is 0 Å². The highest BCUT2D eigenvalue weighted by Gasteiger charge is 2.05. The Hall–Kier alpha value is -2.13. The van der Waals surface area contributed by atoms with Crippen molar-refractivity contribution in [2.45, 2.75) is 6.54 Å². The Morgan fingerprint density at radius 2 is 2.00 bits per heavy atom. The number of benzene rings is 2. The molecule has 0 aliphatic rings. The molecule has 0 unspecified atom stereocenters. The van der Waals surface area contributed by atoms with Crippen LogP contribution in [0.15, 0.2) is 54.7 Å². The fraction of sp³-hybridized carbons (Fsp3) is 0.0625. The predicted molar refractivity (Wildman–Crippen MR) is 80.5 cm³/mol. The maximum Gasteiger partial charge on any atom is 0.123 e. The largest absolute Gasteiger partial charge is 0.380 e. The second-order valence-corrected chi connectivity index (χ2v) is 4.89. The number of anilines is 1. The number of hydrogen-bond donors (Lipinski definition) is 1. The first-order valence-electron chi connectivity index (χ1n) is 6.25. The first-order valence-corrected chi connectivity index (χ1v) is 6.63. The second-order valence-electron chi connectivity index (χ2n) is 4.48. The van der Waals surface area contributed by atoms with Gasteiger partial charge in [-0.15, -0.1) is 0 Å². The van der Waals surface area contributed by atoms with E-state index in [1.54, 1.807) is 12.3 Å². The fourth-order valence-electron chi connectivity index (χ4n) is 2.14. The van der Waals surface area contributed by atoms with Gasteiger partial charge in [0, 0.05) is 23.8 Å². The number of aromatic nitrogens is 1. The van der Waals surface area contributed by atoms with Crippen molar-refractivity contribution < 1.29 is 4.39 Å². The van der Waals surface area contributed by atoms with E-state index in [1.807, 2.05) is 30.3 Å². The number of hydrogen-bond acceptors (Lipinski definition) is 2. The zero-order valence-electron chi connectivity index (χ0n) is 10.6. The summed E-state index contributed by atoms with van der Waals surface area (Å²) in [6, 6.07) is 14.1.